The van der Waals surface area contributed by atoms with Gasteiger partial charge in [-0.15, -0.1) is 0 Å². The molecule has 0 aromatic rings. The largest absolute Gasteiger partial charge is 0.450 e. The first-order valence-corrected chi connectivity index (χ1v) is 6.38. The Morgan fingerprint density at radius 1 is 1.29 bits per heavy atom. The van der Waals surface area contributed by atoms with Gasteiger partial charge in [0.15, 0.2) is 0 Å². The molecule has 0 atom stereocenters. The molecule has 17 heavy (non-hydrogen) atoms. The minimum atomic E-state index is -0.191. The normalized spacial score (nSPS) is 18.2. The van der Waals surface area contributed by atoms with Crippen molar-refractivity contribution in [2.45, 2.75) is 32.7 Å². The third-order valence-electron chi connectivity index (χ3n) is 3.42. The summed E-state index contributed by atoms with van der Waals surface area (Å²) in [5, 5.41) is 0. The van der Waals surface area contributed by atoms with Gasteiger partial charge in [-0.05, 0) is 33.7 Å². The summed E-state index contributed by atoms with van der Waals surface area (Å²) < 4.78 is 5.00. The molecule has 1 fully saturated rings. The molecule has 1 amide bonds. The average Bonchev–Trinajstić information content (AvgIpc) is 2.29. The minimum Gasteiger partial charge on any atom is -0.450 e. The molecule has 1 rings (SSSR count). The molecule has 0 unspecified atom stereocenters. The Labute approximate surface area is 104 Å². The van der Waals surface area contributed by atoms with Crippen molar-refractivity contribution in [3.05, 3.63) is 0 Å². The van der Waals surface area contributed by atoms with Crippen LogP contribution < -0.4 is 5.73 Å². The number of carbonyl (C=O) groups excluding carboxylic acids is 1. The van der Waals surface area contributed by atoms with Crippen LogP contribution >= 0.6 is 0 Å². The number of amides is 1. The predicted octanol–water partition coefficient (Wildman–Crippen LogP) is 0.888. The lowest BCUT2D eigenvalue weighted by molar-refractivity contribution is 0.0385. The second-order valence-electron chi connectivity index (χ2n) is 5.02. The van der Waals surface area contributed by atoms with Crippen molar-refractivity contribution in [3.63, 3.8) is 0 Å². The summed E-state index contributed by atoms with van der Waals surface area (Å²) in [5.41, 5.74) is 5.75. The smallest absolute Gasteiger partial charge is 0.409 e. The van der Waals surface area contributed by atoms with Crippen LogP contribution in [0.1, 0.15) is 27.2 Å². The molecule has 5 heteroatoms. The van der Waals surface area contributed by atoms with Crippen LogP contribution in [0.25, 0.3) is 0 Å². The lowest BCUT2D eigenvalue weighted by Gasteiger charge is -2.43. The molecule has 1 aliphatic heterocycles. The van der Waals surface area contributed by atoms with E-state index < -0.39 is 0 Å². The Morgan fingerprint density at radius 3 is 2.35 bits per heavy atom. The maximum atomic E-state index is 11.5. The van der Waals surface area contributed by atoms with Gasteiger partial charge in [0.25, 0.3) is 0 Å². The van der Waals surface area contributed by atoms with E-state index >= 15 is 0 Å². The molecule has 0 radical (unpaired) electrons. The zero-order chi connectivity index (χ0) is 12.9. The van der Waals surface area contributed by atoms with Gasteiger partial charge in [-0.2, -0.15) is 0 Å². The summed E-state index contributed by atoms with van der Waals surface area (Å²) in [7, 11) is 0. The molecule has 0 saturated carbocycles. The molecule has 1 aliphatic rings. The highest BCUT2D eigenvalue weighted by molar-refractivity contribution is 5.67. The van der Waals surface area contributed by atoms with E-state index in [9.17, 15) is 4.79 Å². The van der Waals surface area contributed by atoms with Crippen molar-refractivity contribution in [2.75, 3.05) is 39.3 Å². The van der Waals surface area contributed by atoms with Crippen LogP contribution in [0.15, 0.2) is 0 Å². The summed E-state index contributed by atoms with van der Waals surface area (Å²) in [4.78, 5) is 15.7. The molecule has 0 spiro atoms. The molecule has 0 aliphatic carbocycles. The third-order valence-corrected chi connectivity index (χ3v) is 3.42. The fraction of sp³-hybridized carbons (Fsp3) is 0.917. The van der Waals surface area contributed by atoms with Crippen LogP contribution in [0, 0.1) is 0 Å². The van der Waals surface area contributed by atoms with Crippen LogP contribution in [0.4, 0.5) is 4.79 Å². The van der Waals surface area contributed by atoms with Crippen LogP contribution in [-0.4, -0.2) is 60.8 Å². The zero-order valence-corrected chi connectivity index (χ0v) is 11.2. The number of rotatable bonds is 4. The summed E-state index contributed by atoms with van der Waals surface area (Å²) in [6.07, 6.45) is 0.788. The molecule has 1 heterocycles. The number of hydrogen-bond donors (Lipinski definition) is 1. The number of carbonyl (C=O) groups is 1. The molecule has 0 aromatic heterocycles. The maximum Gasteiger partial charge on any atom is 0.409 e. The Morgan fingerprint density at radius 2 is 1.88 bits per heavy atom. The first-order chi connectivity index (χ1) is 8.01. The number of nitrogens with two attached hydrogens (primary N) is 1. The average molecular weight is 243 g/mol. The Balaban J connectivity index is 2.42. The van der Waals surface area contributed by atoms with Gasteiger partial charge in [0.2, 0.25) is 0 Å². The van der Waals surface area contributed by atoms with Gasteiger partial charge in [0.1, 0.15) is 0 Å². The SMILES string of the molecule is CCOC(=O)N1CCN(C(C)(C)CCN)CC1. The highest BCUT2D eigenvalue weighted by atomic mass is 16.6. The molecule has 100 valence electrons. The van der Waals surface area contributed by atoms with E-state index in [1.165, 1.54) is 0 Å². The number of nitrogens with zero attached hydrogens (tertiary/aromatic N) is 2. The molecule has 2 N–H and O–H groups in total. The van der Waals surface area contributed by atoms with E-state index in [2.05, 4.69) is 18.7 Å². The lowest BCUT2D eigenvalue weighted by atomic mass is 9.97. The first kappa shape index (κ1) is 14.3. The van der Waals surface area contributed by atoms with Gasteiger partial charge in [0, 0.05) is 31.7 Å². The summed E-state index contributed by atoms with van der Waals surface area (Å²) in [5.74, 6) is 0. The molecular formula is C12H25N3O2. The molecule has 5 nitrogen and oxygen atoms in total. The predicted molar refractivity (Wildman–Crippen MR) is 67.9 cm³/mol. The Bertz CT molecular complexity index is 248. The summed E-state index contributed by atoms with van der Waals surface area (Å²) in [6.45, 7) is 10.7. The van der Waals surface area contributed by atoms with Gasteiger partial charge in [-0.1, -0.05) is 0 Å². The maximum absolute atomic E-state index is 11.5. The van der Waals surface area contributed by atoms with Crippen LogP contribution in [0.2, 0.25) is 0 Å². The van der Waals surface area contributed by atoms with Gasteiger partial charge in [-0.25, -0.2) is 4.79 Å². The lowest BCUT2D eigenvalue weighted by Crippen LogP contribution is -2.56. The molecular weight excluding hydrogens is 218 g/mol. The van der Waals surface area contributed by atoms with E-state index in [1.807, 2.05) is 6.92 Å². The minimum absolute atomic E-state index is 0.121. The van der Waals surface area contributed by atoms with Crippen molar-refractivity contribution in [2.24, 2.45) is 5.73 Å². The van der Waals surface area contributed by atoms with E-state index in [0.717, 1.165) is 32.6 Å². The summed E-state index contributed by atoms with van der Waals surface area (Å²) >= 11 is 0. The highest BCUT2D eigenvalue weighted by Gasteiger charge is 2.30. The third kappa shape index (κ3) is 3.85. The number of ether oxygens (including phenoxy) is 1. The van der Waals surface area contributed by atoms with E-state index in [0.29, 0.717) is 13.2 Å². The van der Waals surface area contributed by atoms with Crippen molar-refractivity contribution < 1.29 is 9.53 Å². The van der Waals surface area contributed by atoms with E-state index in [4.69, 9.17) is 10.5 Å². The monoisotopic (exact) mass is 243 g/mol. The van der Waals surface area contributed by atoms with Crippen molar-refractivity contribution in [1.82, 2.24) is 9.80 Å². The molecule has 1 saturated heterocycles. The molecule has 0 bridgehead atoms. The topological polar surface area (TPSA) is 58.8 Å². The summed E-state index contributed by atoms with van der Waals surface area (Å²) in [6, 6.07) is 0. The second-order valence-corrected chi connectivity index (χ2v) is 5.02. The van der Waals surface area contributed by atoms with E-state index in [1.54, 1.807) is 4.90 Å². The number of hydrogen-bond acceptors (Lipinski definition) is 4. The Hall–Kier alpha value is -0.810. The fourth-order valence-corrected chi connectivity index (χ4v) is 2.22. The fourth-order valence-electron chi connectivity index (χ4n) is 2.22. The standard InChI is InChI=1S/C12H25N3O2/c1-4-17-11(16)14-7-9-15(10-8-14)12(2,3)5-6-13/h4-10,13H2,1-3H3. The van der Waals surface area contributed by atoms with Gasteiger partial charge >= 0.3 is 6.09 Å². The van der Waals surface area contributed by atoms with E-state index in [-0.39, 0.29) is 11.6 Å². The van der Waals surface area contributed by atoms with Crippen LogP contribution in [0.5, 0.6) is 0 Å². The number of piperazine rings is 1. The van der Waals surface area contributed by atoms with Crippen LogP contribution in [-0.2, 0) is 4.74 Å². The van der Waals surface area contributed by atoms with Gasteiger partial charge in [-0.3, -0.25) is 4.90 Å². The highest BCUT2D eigenvalue weighted by Crippen LogP contribution is 2.20. The van der Waals surface area contributed by atoms with Gasteiger partial charge < -0.3 is 15.4 Å². The second kappa shape index (κ2) is 6.21. The Kier molecular flexibility index (Phi) is 5.21. The quantitative estimate of drug-likeness (QED) is 0.796. The van der Waals surface area contributed by atoms with Gasteiger partial charge in [0.05, 0.1) is 6.61 Å². The van der Waals surface area contributed by atoms with Crippen molar-refractivity contribution >= 4 is 6.09 Å². The van der Waals surface area contributed by atoms with Crippen LogP contribution in [0.3, 0.4) is 0 Å². The zero-order valence-electron chi connectivity index (χ0n) is 11.2. The van der Waals surface area contributed by atoms with Crippen molar-refractivity contribution in [1.29, 1.82) is 0 Å². The van der Waals surface area contributed by atoms with Crippen molar-refractivity contribution in [3.8, 4) is 0 Å². The molecule has 0 aromatic carbocycles. The first-order valence-electron chi connectivity index (χ1n) is 6.38.